The number of aromatic nitrogens is 1. The van der Waals surface area contributed by atoms with Gasteiger partial charge < -0.3 is 14.6 Å². The molecule has 108 valence electrons. The van der Waals surface area contributed by atoms with E-state index in [1.54, 1.807) is 6.20 Å². The van der Waals surface area contributed by atoms with Gasteiger partial charge in [0.15, 0.2) is 0 Å². The van der Waals surface area contributed by atoms with Crippen LogP contribution >= 0.6 is 0 Å². The van der Waals surface area contributed by atoms with Gasteiger partial charge in [-0.3, -0.25) is 0 Å². The van der Waals surface area contributed by atoms with Gasteiger partial charge in [-0.25, -0.2) is 4.79 Å². The fourth-order valence-corrected chi connectivity index (χ4v) is 3.33. The average Bonchev–Trinajstić information content (AvgIpc) is 2.98. The third-order valence-electron chi connectivity index (χ3n) is 4.53. The van der Waals surface area contributed by atoms with E-state index in [0.29, 0.717) is 18.1 Å². The van der Waals surface area contributed by atoms with Crippen molar-refractivity contribution >= 4 is 16.9 Å². The van der Waals surface area contributed by atoms with Crippen LogP contribution in [-0.2, 0) is 4.74 Å². The smallest absolute Gasteiger partial charge is 0.340 e. The molecule has 1 aromatic heterocycles. The Bertz CT molecular complexity index is 708. The van der Waals surface area contributed by atoms with Crippen LogP contribution in [0.2, 0.25) is 0 Å². The summed E-state index contributed by atoms with van der Waals surface area (Å²) in [5.74, 6) is 0.424. The molecule has 1 fully saturated rings. The monoisotopic (exact) mass is 282 g/mol. The van der Waals surface area contributed by atoms with Crippen molar-refractivity contribution in [3.63, 3.8) is 0 Å². The van der Waals surface area contributed by atoms with E-state index in [1.807, 2.05) is 24.3 Å². The number of nitrogens with one attached hydrogen (secondary N) is 1. The van der Waals surface area contributed by atoms with Gasteiger partial charge in [-0.2, -0.15) is 0 Å². The number of fused-ring (bicyclic) bond motifs is 3. The molecule has 0 aliphatic carbocycles. The van der Waals surface area contributed by atoms with Crippen LogP contribution in [0.25, 0.3) is 10.9 Å². The molecular weight excluding hydrogens is 264 g/mol. The van der Waals surface area contributed by atoms with E-state index in [0.717, 1.165) is 24.0 Å². The van der Waals surface area contributed by atoms with E-state index in [4.69, 9.17) is 4.74 Å². The molecule has 5 rings (SSSR count). The molecule has 4 heteroatoms. The van der Waals surface area contributed by atoms with Crippen LogP contribution < -0.4 is 0 Å². The summed E-state index contributed by atoms with van der Waals surface area (Å²) in [5.41, 5.74) is 2.75. The van der Waals surface area contributed by atoms with Gasteiger partial charge >= 0.3 is 5.97 Å². The molecule has 2 aromatic rings. The topological polar surface area (TPSA) is 45.3 Å². The Kier molecular flexibility index (Phi) is 2.95. The molecule has 21 heavy (non-hydrogen) atoms. The van der Waals surface area contributed by atoms with Crippen LogP contribution in [0, 0.1) is 5.92 Å². The first-order chi connectivity index (χ1) is 10.3. The summed E-state index contributed by atoms with van der Waals surface area (Å²) in [6.45, 7) is 2.58. The van der Waals surface area contributed by atoms with Crippen LogP contribution in [0.3, 0.4) is 0 Å². The SMILES string of the molecule is O=C(OCC1=CC2CCN1CC2)c1c[nH]c2ccccc12. The maximum absolute atomic E-state index is 12.3. The second kappa shape index (κ2) is 4.95. The van der Waals surface area contributed by atoms with Crippen molar-refractivity contribution < 1.29 is 9.53 Å². The van der Waals surface area contributed by atoms with E-state index in [1.165, 1.54) is 18.5 Å². The molecule has 3 aliphatic rings. The largest absolute Gasteiger partial charge is 0.456 e. The summed E-state index contributed by atoms with van der Waals surface area (Å²) in [6.07, 6.45) is 6.48. The summed E-state index contributed by atoms with van der Waals surface area (Å²) in [7, 11) is 0. The Balaban J connectivity index is 1.49. The van der Waals surface area contributed by atoms with Gasteiger partial charge in [0.05, 0.1) is 5.56 Å². The summed E-state index contributed by atoms with van der Waals surface area (Å²) in [6, 6.07) is 7.78. The molecule has 4 heterocycles. The van der Waals surface area contributed by atoms with Crippen LogP contribution in [-0.4, -0.2) is 35.5 Å². The van der Waals surface area contributed by atoms with Crippen LogP contribution in [0.4, 0.5) is 0 Å². The highest BCUT2D eigenvalue weighted by molar-refractivity contribution is 6.04. The number of nitrogens with zero attached hydrogens (tertiary/aromatic N) is 1. The Hall–Kier alpha value is -2.23. The maximum Gasteiger partial charge on any atom is 0.340 e. The van der Waals surface area contributed by atoms with E-state index < -0.39 is 0 Å². The molecule has 0 atom stereocenters. The van der Waals surface area contributed by atoms with E-state index in [9.17, 15) is 4.79 Å². The van der Waals surface area contributed by atoms with Crippen LogP contribution in [0.5, 0.6) is 0 Å². The summed E-state index contributed by atoms with van der Waals surface area (Å²) in [5, 5.41) is 0.918. The molecule has 1 aromatic carbocycles. The predicted molar refractivity (Wildman–Crippen MR) is 81.0 cm³/mol. The van der Waals surface area contributed by atoms with Crippen molar-refractivity contribution in [1.29, 1.82) is 0 Å². The van der Waals surface area contributed by atoms with Crippen LogP contribution in [0.1, 0.15) is 23.2 Å². The number of carbonyl (C=O) groups excluding carboxylic acids is 1. The molecule has 2 bridgehead atoms. The standard InChI is InChI=1S/C17H18N2O2/c20-17(15-10-18-16-4-2-1-3-14(15)16)21-11-13-9-12-5-7-19(13)8-6-12/h1-4,9-10,12,18H,5-8,11H2. The number of para-hydroxylation sites is 1. The van der Waals surface area contributed by atoms with Crippen molar-refractivity contribution in [3.8, 4) is 0 Å². The minimum Gasteiger partial charge on any atom is -0.456 e. The molecule has 3 aliphatic heterocycles. The highest BCUT2D eigenvalue weighted by Crippen LogP contribution is 2.29. The lowest BCUT2D eigenvalue weighted by molar-refractivity contribution is 0.0495. The number of H-pyrrole nitrogens is 1. The Morgan fingerprint density at radius 1 is 1.29 bits per heavy atom. The minimum atomic E-state index is -0.254. The Morgan fingerprint density at radius 2 is 2.10 bits per heavy atom. The summed E-state index contributed by atoms with van der Waals surface area (Å²) >= 11 is 0. The predicted octanol–water partition coefficient (Wildman–Crippen LogP) is 2.93. The van der Waals surface area contributed by atoms with E-state index in [-0.39, 0.29) is 5.97 Å². The second-order valence-electron chi connectivity index (χ2n) is 5.81. The number of rotatable bonds is 3. The molecule has 0 unspecified atom stereocenters. The average molecular weight is 282 g/mol. The first kappa shape index (κ1) is 12.5. The van der Waals surface area contributed by atoms with Gasteiger partial charge in [0.1, 0.15) is 6.61 Å². The molecule has 0 amide bonds. The quantitative estimate of drug-likeness (QED) is 0.880. The number of hydrogen-bond acceptors (Lipinski definition) is 3. The van der Waals surface area contributed by atoms with Crippen molar-refractivity contribution in [2.24, 2.45) is 5.92 Å². The third kappa shape index (κ3) is 2.20. The van der Waals surface area contributed by atoms with E-state index in [2.05, 4.69) is 16.0 Å². The molecule has 4 nitrogen and oxygen atoms in total. The number of allylic oxidation sites excluding steroid dienone is 1. The number of hydrogen-bond donors (Lipinski definition) is 1. The number of benzene rings is 1. The molecule has 1 saturated heterocycles. The van der Waals surface area contributed by atoms with Gasteiger partial charge in [0, 0.05) is 35.9 Å². The number of aromatic amines is 1. The molecule has 0 radical (unpaired) electrons. The lowest BCUT2D eigenvalue weighted by Gasteiger charge is -2.39. The zero-order chi connectivity index (χ0) is 14.2. The van der Waals surface area contributed by atoms with Crippen LogP contribution in [0.15, 0.2) is 42.2 Å². The normalized spacial score (nSPS) is 18.1. The first-order valence-corrected chi connectivity index (χ1v) is 7.50. The van der Waals surface area contributed by atoms with Gasteiger partial charge in [-0.15, -0.1) is 0 Å². The summed E-state index contributed by atoms with van der Waals surface area (Å²) < 4.78 is 5.52. The minimum absolute atomic E-state index is 0.254. The third-order valence-corrected chi connectivity index (χ3v) is 4.53. The maximum atomic E-state index is 12.3. The van der Waals surface area contributed by atoms with E-state index >= 15 is 0 Å². The number of esters is 1. The van der Waals surface area contributed by atoms with Crippen molar-refractivity contribution in [2.75, 3.05) is 19.7 Å². The van der Waals surface area contributed by atoms with Crippen molar-refractivity contribution in [1.82, 2.24) is 9.88 Å². The fourth-order valence-electron chi connectivity index (χ4n) is 3.33. The number of ether oxygens (including phenoxy) is 1. The second-order valence-corrected chi connectivity index (χ2v) is 5.81. The van der Waals surface area contributed by atoms with Gasteiger partial charge in [0.25, 0.3) is 0 Å². The fraction of sp³-hybridized carbons (Fsp3) is 0.353. The summed E-state index contributed by atoms with van der Waals surface area (Å²) in [4.78, 5) is 17.7. The lowest BCUT2D eigenvalue weighted by Crippen LogP contribution is -2.39. The van der Waals surface area contributed by atoms with Gasteiger partial charge in [-0.05, 0) is 24.8 Å². The first-order valence-electron chi connectivity index (χ1n) is 7.50. The van der Waals surface area contributed by atoms with Crippen molar-refractivity contribution in [2.45, 2.75) is 12.8 Å². The molecular formula is C17H18N2O2. The number of piperidine rings is 1. The highest BCUT2D eigenvalue weighted by Gasteiger charge is 2.26. The molecule has 1 N–H and O–H groups in total. The van der Waals surface area contributed by atoms with Gasteiger partial charge in [-0.1, -0.05) is 24.3 Å². The Morgan fingerprint density at radius 3 is 2.86 bits per heavy atom. The van der Waals surface area contributed by atoms with Gasteiger partial charge in [0.2, 0.25) is 0 Å². The number of carbonyl (C=O) groups is 1. The highest BCUT2D eigenvalue weighted by atomic mass is 16.5. The van der Waals surface area contributed by atoms with Crippen molar-refractivity contribution in [3.05, 3.63) is 47.8 Å². The zero-order valence-electron chi connectivity index (χ0n) is 11.8. The zero-order valence-corrected chi connectivity index (χ0v) is 11.8. The molecule has 0 saturated carbocycles. The Labute approximate surface area is 123 Å². The molecule has 0 spiro atoms. The lowest BCUT2D eigenvalue weighted by atomic mass is 9.91.